The Morgan fingerprint density at radius 3 is 2.50 bits per heavy atom. The van der Waals surface area contributed by atoms with Crippen molar-refractivity contribution in [2.24, 2.45) is 0 Å². The largest absolute Gasteiger partial charge is 0.270 e. The Morgan fingerprint density at radius 1 is 1.14 bits per heavy atom. The van der Waals surface area contributed by atoms with Crippen molar-refractivity contribution >= 4 is 68.6 Å². The van der Waals surface area contributed by atoms with E-state index in [9.17, 15) is 4.79 Å². The summed E-state index contributed by atoms with van der Waals surface area (Å²) in [7, 11) is 0. The highest BCUT2D eigenvalue weighted by atomic mass is 127. The lowest BCUT2D eigenvalue weighted by atomic mass is 10.2. The van der Waals surface area contributed by atoms with Crippen molar-refractivity contribution in [2.75, 3.05) is 4.90 Å². The highest BCUT2D eigenvalue weighted by molar-refractivity contribution is 14.1. The lowest BCUT2D eigenvalue weighted by Crippen LogP contribution is -2.27. The molecule has 1 saturated heterocycles. The van der Waals surface area contributed by atoms with Crippen molar-refractivity contribution in [3.8, 4) is 0 Å². The van der Waals surface area contributed by atoms with Gasteiger partial charge in [0.25, 0.3) is 5.91 Å². The Hall–Kier alpha value is -1.18. The molecule has 22 heavy (non-hydrogen) atoms. The van der Waals surface area contributed by atoms with Gasteiger partial charge in [0.1, 0.15) is 0 Å². The monoisotopic (exact) mass is 437 g/mol. The van der Waals surface area contributed by atoms with Crippen molar-refractivity contribution in [2.45, 2.75) is 6.92 Å². The maximum atomic E-state index is 12.7. The topological polar surface area (TPSA) is 20.3 Å². The second kappa shape index (κ2) is 6.52. The van der Waals surface area contributed by atoms with Crippen molar-refractivity contribution < 1.29 is 4.79 Å². The second-order valence-electron chi connectivity index (χ2n) is 4.87. The predicted octanol–water partition coefficient (Wildman–Crippen LogP) is 5.01. The van der Waals surface area contributed by atoms with Crippen LogP contribution in [-0.4, -0.2) is 10.2 Å². The fourth-order valence-corrected chi connectivity index (χ4v) is 3.95. The van der Waals surface area contributed by atoms with Gasteiger partial charge in [0.05, 0.1) is 10.6 Å². The fourth-order valence-electron chi connectivity index (χ4n) is 2.12. The Labute approximate surface area is 152 Å². The molecule has 0 unspecified atom stereocenters. The zero-order valence-electron chi connectivity index (χ0n) is 11.7. The zero-order valence-corrected chi connectivity index (χ0v) is 15.5. The number of thioether (sulfide) groups is 1. The van der Waals surface area contributed by atoms with Gasteiger partial charge in [-0.3, -0.25) is 9.69 Å². The lowest BCUT2D eigenvalue weighted by Gasteiger charge is -2.14. The van der Waals surface area contributed by atoms with Crippen molar-refractivity contribution in [3.05, 3.63) is 68.1 Å². The normalized spacial score (nSPS) is 16.6. The number of carbonyl (C=O) groups is 1. The van der Waals surface area contributed by atoms with E-state index >= 15 is 0 Å². The molecule has 0 aromatic heterocycles. The van der Waals surface area contributed by atoms with Gasteiger partial charge in [-0.15, -0.1) is 0 Å². The lowest BCUT2D eigenvalue weighted by molar-refractivity contribution is -0.113. The van der Waals surface area contributed by atoms with Gasteiger partial charge in [0, 0.05) is 3.57 Å². The molecule has 0 saturated carbocycles. The first-order chi connectivity index (χ1) is 10.6. The van der Waals surface area contributed by atoms with E-state index in [0.717, 1.165) is 20.4 Å². The van der Waals surface area contributed by atoms with E-state index in [-0.39, 0.29) is 5.91 Å². The number of hydrogen-bond acceptors (Lipinski definition) is 3. The van der Waals surface area contributed by atoms with Crippen LogP contribution in [0.15, 0.2) is 53.4 Å². The Balaban J connectivity index is 1.95. The minimum Gasteiger partial charge on any atom is -0.268 e. The molecule has 0 spiro atoms. The molecule has 0 radical (unpaired) electrons. The summed E-state index contributed by atoms with van der Waals surface area (Å²) in [5.41, 5.74) is 3.01. The highest BCUT2D eigenvalue weighted by Crippen LogP contribution is 2.36. The number of amides is 1. The number of benzene rings is 2. The number of hydrogen-bond donors (Lipinski definition) is 0. The molecule has 0 atom stereocenters. The third-order valence-electron chi connectivity index (χ3n) is 3.28. The SMILES string of the molecule is Cc1ccc(N2C(=O)C(=Cc3ccccc3I)SC2=S)cc1. The van der Waals surface area contributed by atoms with Crippen LogP contribution in [0.25, 0.3) is 6.08 Å². The van der Waals surface area contributed by atoms with Gasteiger partial charge in [-0.05, 0) is 59.4 Å². The smallest absolute Gasteiger partial charge is 0.268 e. The minimum absolute atomic E-state index is 0.0569. The molecule has 2 aromatic carbocycles. The highest BCUT2D eigenvalue weighted by Gasteiger charge is 2.33. The standard InChI is InChI=1S/C17H12INOS2/c1-11-6-8-13(9-7-11)19-16(20)15(22-17(19)21)10-12-4-2-3-5-14(12)18/h2-10H,1H3. The van der Waals surface area contributed by atoms with E-state index in [1.807, 2.05) is 61.5 Å². The van der Waals surface area contributed by atoms with Crippen LogP contribution in [0.3, 0.4) is 0 Å². The molecule has 0 N–H and O–H groups in total. The third kappa shape index (κ3) is 3.11. The molecular formula is C17H12INOS2. The number of halogens is 1. The molecular weight excluding hydrogens is 425 g/mol. The molecule has 110 valence electrons. The van der Waals surface area contributed by atoms with E-state index in [1.54, 1.807) is 4.90 Å². The number of thiocarbonyl (C=S) groups is 1. The number of anilines is 1. The molecule has 2 nitrogen and oxygen atoms in total. The molecule has 1 aliphatic rings. The van der Waals surface area contributed by atoms with Gasteiger partial charge in [0.15, 0.2) is 4.32 Å². The summed E-state index contributed by atoms with van der Waals surface area (Å²) in [6.07, 6.45) is 1.91. The predicted molar refractivity (Wildman–Crippen MR) is 106 cm³/mol. The number of rotatable bonds is 2. The summed E-state index contributed by atoms with van der Waals surface area (Å²) < 4.78 is 1.69. The van der Waals surface area contributed by atoms with Gasteiger partial charge in [-0.25, -0.2) is 0 Å². The zero-order chi connectivity index (χ0) is 15.7. The van der Waals surface area contributed by atoms with E-state index < -0.39 is 0 Å². The van der Waals surface area contributed by atoms with Crippen LogP contribution in [0, 0.1) is 10.5 Å². The molecule has 1 fully saturated rings. The Kier molecular flexibility index (Phi) is 4.65. The molecule has 3 rings (SSSR count). The summed E-state index contributed by atoms with van der Waals surface area (Å²) in [5, 5.41) is 0. The van der Waals surface area contributed by atoms with Crippen molar-refractivity contribution in [1.82, 2.24) is 0 Å². The van der Waals surface area contributed by atoms with Crippen LogP contribution in [0.1, 0.15) is 11.1 Å². The van der Waals surface area contributed by atoms with Gasteiger partial charge in [-0.2, -0.15) is 0 Å². The van der Waals surface area contributed by atoms with Crippen LogP contribution >= 0.6 is 46.6 Å². The van der Waals surface area contributed by atoms with Crippen LogP contribution in [0.4, 0.5) is 5.69 Å². The van der Waals surface area contributed by atoms with E-state index in [4.69, 9.17) is 12.2 Å². The summed E-state index contributed by atoms with van der Waals surface area (Å²) in [6.45, 7) is 2.02. The maximum Gasteiger partial charge on any atom is 0.270 e. The number of carbonyl (C=O) groups excluding carboxylic acids is 1. The fraction of sp³-hybridized carbons (Fsp3) is 0.0588. The first-order valence-corrected chi connectivity index (χ1v) is 8.96. The number of aryl methyl sites for hydroxylation is 1. The molecule has 1 heterocycles. The molecule has 1 aliphatic heterocycles. The van der Waals surface area contributed by atoms with Gasteiger partial charge in [0.2, 0.25) is 0 Å². The average molecular weight is 437 g/mol. The molecule has 0 bridgehead atoms. The molecule has 5 heteroatoms. The Bertz CT molecular complexity index is 784. The van der Waals surface area contributed by atoms with Crippen molar-refractivity contribution in [3.63, 3.8) is 0 Å². The van der Waals surface area contributed by atoms with E-state index in [1.165, 1.54) is 11.8 Å². The average Bonchev–Trinajstić information content (AvgIpc) is 2.77. The Morgan fingerprint density at radius 2 is 1.82 bits per heavy atom. The van der Waals surface area contributed by atoms with Crippen LogP contribution in [0.5, 0.6) is 0 Å². The minimum atomic E-state index is -0.0569. The molecule has 2 aromatic rings. The van der Waals surface area contributed by atoms with Crippen molar-refractivity contribution in [1.29, 1.82) is 0 Å². The quantitative estimate of drug-likeness (QED) is 0.375. The summed E-state index contributed by atoms with van der Waals surface area (Å²) in [6, 6.07) is 15.8. The first kappa shape index (κ1) is 15.7. The third-order valence-corrected chi connectivity index (χ3v) is 5.56. The summed E-state index contributed by atoms with van der Waals surface area (Å²) in [5.74, 6) is -0.0569. The van der Waals surface area contributed by atoms with Gasteiger partial charge >= 0.3 is 0 Å². The summed E-state index contributed by atoms with van der Waals surface area (Å²) >= 11 is 9.00. The summed E-state index contributed by atoms with van der Waals surface area (Å²) in [4.78, 5) is 14.9. The van der Waals surface area contributed by atoms with Crippen LogP contribution in [0.2, 0.25) is 0 Å². The molecule has 0 aliphatic carbocycles. The number of nitrogens with zero attached hydrogens (tertiary/aromatic N) is 1. The van der Waals surface area contributed by atoms with Crippen LogP contribution < -0.4 is 4.90 Å². The maximum absolute atomic E-state index is 12.7. The first-order valence-electron chi connectivity index (χ1n) is 6.65. The van der Waals surface area contributed by atoms with Crippen LogP contribution in [-0.2, 0) is 4.79 Å². The second-order valence-corrected chi connectivity index (χ2v) is 7.71. The molecule has 1 amide bonds. The van der Waals surface area contributed by atoms with Gasteiger partial charge in [-0.1, -0.05) is 59.9 Å². The van der Waals surface area contributed by atoms with Gasteiger partial charge < -0.3 is 0 Å². The van der Waals surface area contributed by atoms with E-state index in [0.29, 0.717) is 9.23 Å². The van der Waals surface area contributed by atoms with E-state index in [2.05, 4.69) is 22.6 Å².